The summed E-state index contributed by atoms with van der Waals surface area (Å²) in [6.45, 7) is 22.6. The highest BCUT2D eigenvalue weighted by atomic mass is 16.3. The molecule has 0 amide bonds. The molecule has 4 rings (SSSR count). The molecule has 1 fully saturated rings. The van der Waals surface area contributed by atoms with Crippen molar-refractivity contribution < 1.29 is 14.7 Å². The van der Waals surface area contributed by atoms with E-state index in [0.29, 0.717) is 17.4 Å². The minimum atomic E-state index is 0.137. The molecule has 2 aliphatic rings. The first kappa shape index (κ1) is 39.0. The van der Waals surface area contributed by atoms with Crippen molar-refractivity contribution in [2.75, 3.05) is 0 Å². The number of Topliss-reactive ketones (excluding diaryl/α,β-unsaturated/α-hetero) is 1. The molecular weight excluding hydrogens is 518 g/mol. The largest absolute Gasteiger partial charge is 0.508 e. The Labute approximate surface area is 257 Å². The SMILES string of the molecule is CC.CC.CC(=O)c1ccccc1C.CC1CCCC(c2ccc(C=O)cc2O)CC1.CCC1C(C)=CN=C(C)C1C. The number of carbonyl (C=O) groups is 2. The predicted molar refractivity (Wildman–Crippen MR) is 182 cm³/mol. The number of benzene rings is 2. The van der Waals surface area contributed by atoms with Gasteiger partial charge in [-0.3, -0.25) is 14.6 Å². The Hall–Kier alpha value is -3.01. The number of aromatic hydroxyl groups is 1. The summed E-state index contributed by atoms with van der Waals surface area (Å²) >= 11 is 0. The highest BCUT2D eigenvalue weighted by Crippen LogP contribution is 2.37. The van der Waals surface area contributed by atoms with Gasteiger partial charge in [0.25, 0.3) is 0 Å². The number of aldehydes is 1. The van der Waals surface area contributed by atoms with E-state index in [2.05, 4.69) is 39.6 Å². The van der Waals surface area contributed by atoms with Crippen LogP contribution in [0.15, 0.2) is 59.2 Å². The maximum atomic E-state index is 10.9. The number of phenolic OH excluding ortho intramolecular Hbond substituents is 1. The Morgan fingerprint density at radius 1 is 0.952 bits per heavy atom. The molecule has 234 valence electrons. The van der Waals surface area contributed by atoms with E-state index in [1.807, 2.05) is 71.2 Å². The number of nitrogens with zero attached hydrogens (tertiary/aromatic N) is 1. The van der Waals surface area contributed by atoms with Crippen LogP contribution in [0.2, 0.25) is 0 Å². The Morgan fingerprint density at radius 2 is 1.60 bits per heavy atom. The third-order valence-electron chi connectivity index (χ3n) is 8.17. The van der Waals surface area contributed by atoms with Crippen molar-refractivity contribution in [1.82, 2.24) is 0 Å². The summed E-state index contributed by atoms with van der Waals surface area (Å²) in [6, 6.07) is 12.9. The molecule has 42 heavy (non-hydrogen) atoms. The van der Waals surface area contributed by atoms with Crippen molar-refractivity contribution in [2.45, 2.75) is 121 Å². The van der Waals surface area contributed by atoms with Gasteiger partial charge in [-0.2, -0.15) is 0 Å². The summed E-state index contributed by atoms with van der Waals surface area (Å²) in [6.07, 6.45) is 10.1. The predicted octanol–water partition coefficient (Wildman–Crippen LogP) is 11.2. The lowest BCUT2D eigenvalue weighted by molar-refractivity contribution is 0.101. The second-order valence-electron chi connectivity index (χ2n) is 11.1. The molecule has 2 aromatic carbocycles. The van der Waals surface area contributed by atoms with Crippen LogP contribution in [-0.4, -0.2) is 22.9 Å². The second kappa shape index (κ2) is 21.7. The number of ketones is 1. The van der Waals surface area contributed by atoms with Crippen molar-refractivity contribution >= 4 is 17.8 Å². The third-order valence-corrected chi connectivity index (χ3v) is 8.17. The van der Waals surface area contributed by atoms with E-state index in [-0.39, 0.29) is 11.5 Å². The minimum absolute atomic E-state index is 0.137. The van der Waals surface area contributed by atoms with Gasteiger partial charge >= 0.3 is 0 Å². The van der Waals surface area contributed by atoms with E-state index in [1.165, 1.54) is 37.0 Å². The molecule has 4 heteroatoms. The number of aryl methyl sites for hydroxylation is 1. The zero-order valence-electron chi connectivity index (χ0n) is 28.5. The lowest BCUT2D eigenvalue weighted by atomic mass is 9.82. The van der Waals surface area contributed by atoms with Crippen LogP contribution in [0.5, 0.6) is 5.75 Å². The van der Waals surface area contributed by atoms with Gasteiger partial charge in [-0.1, -0.05) is 110 Å². The van der Waals surface area contributed by atoms with Gasteiger partial charge in [0.1, 0.15) is 12.0 Å². The quantitative estimate of drug-likeness (QED) is 0.223. The lowest BCUT2D eigenvalue weighted by Crippen LogP contribution is -2.22. The summed E-state index contributed by atoms with van der Waals surface area (Å²) in [5.74, 6) is 3.06. The van der Waals surface area contributed by atoms with Crippen molar-refractivity contribution in [3.8, 4) is 5.75 Å². The Morgan fingerprint density at radius 3 is 2.10 bits per heavy atom. The van der Waals surface area contributed by atoms with E-state index >= 15 is 0 Å². The van der Waals surface area contributed by atoms with E-state index in [0.717, 1.165) is 47.7 Å². The highest BCUT2D eigenvalue weighted by Gasteiger charge is 2.22. The second-order valence-corrected chi connectivity index (χ2v) is 11.1. The van der Waals surface area contributed by atoms with Gasteiger partial charge in [0.15, 0.2) is 5.78 Å². The first-order valence-corrected chi connectivity index (χ1v) is 16.1. The number of phenols is 1. The van der Waals surface area contributed by atoms with Crippen LogP contribution < -0.4 is 0 Å². The van der Waals surface area contributed by atoms with Crippen LogP contribution in [0, 0.1) is 24.7 Å². The maximum Gasteiger partial charge on any atom is 0.160 e. The molecule has 0 aromatic heterocycles. The van der Waals surface area contributed by atoms with Crippen LogP contribution in [0.25, 0.3) is 0 Å². The zero-order chi connectivity index (χ0) is 32.2. The molecule has 0 saturated heterocycles. The average Bonchev–Trinajstić information content (AvgIpc) is 3.22. The maximum absolute atomic E-state index is 10.9. The lowest BCUT2D eigenvalue weighted by Gasteiger charge is -2.26. The first-order chi connectivity index (χ1) is 20.1. The third kappa shape index (κ3) is 12.9. The van der Waals surface area contributed by atoms with Crippen LogP contribution in [0.4, 0.5) is 0 Å². The summed E-state index contributed by atoms with van der Waals surface area (Å²) in [7, 11) is 0. The number of rotatable bonds is 4. The fourth-order valence-electron chi connectivity index (χ4n) is 5.52. The number of carbonyl (C=O) groups excluding carboxylic acids is 2. The van der Waals surface area contributed by atoms with Gasteiger partial charge in [-0.15, -0.1) is 0 Å². The molecule has 1 heterocycles. The van der Waals surface area contributed by atoms with E-state index in [1.54, 1.807) is 19.1 Å². The fourth-order valence-corrected chi connectivity index (χ4v) is 5.52. The molecule has 1 aliphatic carbocycles. The molecule has 0 spiro atoms. The molecule has 1 N–H and O–H groups in total. The van der Waals surface area contributed by atoms with Crippen molar-refractivity contribution in [2.24, 2.45) is 22.7 Å². The van der Waals surface area contributed by atoms with E-state index in [4.69, 9.17) is 0 Å². The Kier molecular flexibility index (Phi) is 20.1. The molecule has 1 aliphatic heterocycles. The van der Waals surface area contributed by atoms with Crippen molar-refractivity contribution in [3.05, 3.63) is 76.5 Å². The van der Waals surface area contributed by atoms with Gasteiger partial charge in [0.2, 0.25) is 0 Å². The summed E-state index contributed by atoms with van der Waals surface area (Å²) in [5.41, 5.74) is 6.16. The molecular formula is C38H59NO3. The molecule has 4 nitrogen and oxygen atoms in total. The molecule has 4 unspecified atom stereocenters. The van der Waals surface area contributed by atoms with Gasteiger partial charge in [-0.25, -0.2) is 0 Å². The first-order valence-electron chi connectivity index (χ1n) is 16.1. The summed E-state index contributed by atoms with van der Waals surface area (Å²) in [5, 5.41) is 9.97. The molecule has 4 atom stereocenters. The van der Waals surface area contributed by atoms with Crippen LogP contribution in [0.3, 0.4) is 0 Å². The molecule has 0 bridgehead atoms. The monoisotopic (exact) mass is 577 g/mol. The average molecular weight is 578 g/mol. The van der Waals surface area contributed by atoms with Crippen molar-refractivity contribution in [1.29, 1.82) is 0 Å². The molecule has 2 aromatic rings. The number of aliphatic imine (C=N–C) groups is 1. The Balaban J connectivity index is 0.000000589. The highest BCUT2D eigenvalue weighted by molar-refractivity contribution is 5.95. The van der Waals surface area contributed by atoms with Crippen LogP contribution >= 0.6 is 0 Å². The smallest absolute Gasteiger partial charge is 0.160 e. The normalized spacial score (nSPS) is 20.9. The van der Waals surface area contributed by atoms with E-state index < -0.39 is 0 Å². The summed E-state index contributed by atoms with van der Waals surface area (Å²) < 4.78 is 0. The van der Waals surface area contributed by atoms with Crippen molar-refractivity contribution in [3.63, 3.8) is 0 Å². The molecule has 0 radical (unpaired) electrons. The topological polar surface area (TPSA) is 66.7 Å². The minimum Gasteiger partial charge on any atom is -0.508 e. The van der Waals surface area contributed by atoms with Gasteiger partial charge in [-0.05, 0) is 81.9 Å². The fraction of sp³-hybridized carbons (Fsp3) is 0.553. The van der Waals surface area contributed by atoms with Gasteiger partial charge in [0, 0.05) is 29.0 Å². The number of allylic oxidation sites excluding steroid dienone is 1. The number of hydrogen-bond donors (Lipinski definition) is 1. The Bertz CT molecular complexity index is 1130. The number of hydrogen-bond acceptors (Lipinski definition) is 4. The van der Waals surface area contributed by atoms with Crippen LogP contribution in [0.1, 0.15) is 146 Å². The van der Waals surface area contributed by atoms with Gasteiger partial charge < -0.3 is 5.11 Å². The standard InChI is InChI=1S/C15H20O2.C10H17N.C9H10O.2C2H6/c1-11-3-2-4-13(7-5-11)14-8-6-12(10-16)9-15(14)17;1-5-10-7(2)6-11-9(4)8(10)3;1-7-5-3-4-6-9(7)8(2)10;2*1-2/h6,8-11,13,17H,2-5,7H2,1H3;6,8,10H,5H2,1-4H3;3-6H,1-2H3;2*1-2H3. The zero-order valence-corrected chi connectivity index (χ0v) is 28.5. The van der Waals surface area contributed by atoms with Crippen LogP contribution in [-0.2, 0) is 0 Å². The van der Waals surface area contributed by atoms with E-state index in [9.17, 15) is 14.7 Å². The van der Waals surface area contributed by atoms with Gasteiger partial charge in [0.05, 0.1) is 0 Å². The molecule has 1 saturated carbocycles. The summed E-state index contributed by atoms with van der Waals surface area (Å²) in [4.78, 5) is 25.8.